The van der Waals surface area contributed by atoms with Gasteiger partial charge in [0.05, 0.1) is 12.2 Å². The zero-order valence-electron chi connectivity index (χ0n) is 14.7. The summed E-state index contributed by atoms with van der Waals surface area (Å²) >= 11 is 0. The number of imidazole rings is 1. The Morgan fingerprint density at radius 1 is 1.36 bits per heavy atom. The van der Waals surface area contributed by atoms with Crippen LogP contribution in [0.3, 0.4) is 0 Å². The lowest BCUT2D eigenvalue weighted by Gasteiger charge is -2.17. The molecule has 6 nitrogen and oxygen atoms in total. The number of nitrogens with one attached hydrogen (secondary N) is 2. The zero-order valence-corrected chi connectivity index (χ0v) is 14.7. The Hall–Kier alpha value is -2.63. The van der Waals surface area contributed by atoms with Crippen LogP contribution in [0.1, 0.15) is 37.4 Å². The number of hydrogen-bond acceptors (Lipinski definition) is 3. The second-order valence-corrected chi connectivity index (χ2v) is 6.77. The molecule has 1 aliphatic rings. The summed E-state index contributed by atoms with van der Waals surface area (Å²) < 4.78 is 0. The van der Waals surface area contributed by atoms with E-state index in [4.69, 9.17) is 0 Å². The molecule has 6 heteroatoms. The van der Waals surface area contributed by atoms with E-state index >= 15 is 0 Å². The highest BCUT2D eigenvalue weighted by Crippen LogP contribution is 2.26. The van der Waals surface area contributed by atoms with Gasteiger partial charge in [-0.2, -0.15) is 0 Å². The van der Waals surface area contributed by atoms with Crippen LogP contribution < -0.4 is 10.2 Å². The number of aromatic nitrogens is 2. The molecule has 0 saturated carbocycles. The third-order valence-electron chi connectivity index (χ3n) is 4.62. The molecule has 132 valence electrons. The summed E-state index contributed by atoms with van der Waals surface area (Å²) in [6.45, 7) is 5.25. The van der Waals surface area contributed by atoms with Crippen LogP contribution in [0.25, 0.3) is 0 Å². The molecule has 2 aromatic rings. The van der Waals surface area contributed by atoms with Gasteiger partial charge in [-0.1, -0.05) is 26.0 Å². The predicted molar refractivity (Wildman–Crippen MR) is 96.3 cm³/mol. The number of anilines is 1. The third kappa shape index (κ3) is 4.07. The summed E-state index contributed by atoms with van der Waals surface area (Å²) in [5.74, 6) is 0.107. The Morgan fingerprint density at radius 3 is 2.76 bits per heavy atom. The maximum atomic E-state index is 12.3. The Kier molecular flexibility index (Phi) is 5.16. The molecule has 2 N–H and O–H groups in total. The van der Waals surface area contributed by atoms with Gasteiger partial charge in [-0.25, -0.2) is 4.98 Å². The van der Waals surface area contributed by atoms with Crippen LogP contribution in [0.15, 0.2) is 36.8 Å². The molecule has 3 rings (SSSR count). The number of nitrogens with zero attached hydrogens (tertiary/aromatic N) is 2. The van der Waals surface area contributed by atoms with Crippen LogP contribution in [-0.2, 0) is 16.0 Å². The van der Waals surface area contributed by atoms with Crippen molar-refractivity contribution in [3.8, 4) is 0 Å². The highest BCUT2D eigenvalue weighted by molar-refractivity contribution is 6.00. The van der Waals surface area contributed by atoms with Gasteiger partial charge in [0, 0.05) is 43.5 Å². The molecule has 0 spiro atoms. The molecular weight excluding hydrogens is 316 g/mol. The lowest BCUT2D eigenvalue weighted by Crippen LogP contribution is -2.34. The Morgan fingerprint density at radius 2 is 2.12 bits per heavy atom. The van der Waals surface area contributed by atoms with Crippen LogP contribution in [0, 0.1) is 5.92 Å². The van der Waals surface area contributed by atoms with Gasteiger partial charge in [-0.15, -0.1) is 0 Å². The van der Waals surface area contributed by atoms with Crippen molar-refractivity contribution in [2.75, 3.05) is 18.0 Å². The van der Waals surface area contributed by atoms with E-state index in [9.17, 15) is 9.59 Å². The lowest BCUT2D eigenvalue weighted by atomic mass is 10.0. The van der Waals surface area contributed by atoms with E-state index in [-0.39, 0.29) is 24.2 Å². The van der Waals surface area contributed by atoms with Crippen molar-refractivity contribution >= 4 is 17.5 Å². The average Bonchev–Trinajstić information content (AvgIpc) is 3.24. The maximum absolute atomic E-state index is 12.3. The van der Waals surface area contributed by atoms with Gasteiger partial charge in [-0.3, -0.25) is 9.59 Å². The van der Waals surface area contributed by atoms with Crippen LogP contribution >= 0.6 is 0 Å². The van der Waals surface area contributed by atoms with Crippen LogP contribution in [0.5, 0.6) is 0 Å². The minimum atomic E-state index is -0.293. The second kappa shape index (κ2) is 7.51. The molecule has 1 saturated heterocycles. The van der Waals surface area contributed by atoms with E-state index in [1.807, 2.05) is 24.3 Å². The molecule has 1 unspecified atom stereocenters. The molecule has 0 aliphatic carbocycles. The summed E-state index contributed by atoms with van der Waals surface area (Å²) in [6, 6.07) is 8.02. The topological polar surface area (TPSA) is 78.1 Å². The standard InChI is InChI=1S/C19H24N4O2/c1-13(2)14-3-5-17(6-4-14)23-11-15(9-18(23)24)19(25)21-8-7-16-10-20-12-22-16/h3-6,10,12-13,15H,7-9,11H2,1-2H3,(H,20,22)(H,21,25). The molecule has 1 aromatic carbocycles. The van der Waals surface area contributed by atoms with E-state index in [0.717, 1.165) is 11.4 Å². The van der Waals surface area contributed by atoms with Gasteiger partial charge in [-0.05, 0) is 23.6 Å². The highest BCUT2D eigenvalue weighted by Gasteiger charge is 2.34. The van der Waals surface area contributed by atoms with Gasteiger partial charge < -0.3 is 15.2 Å². The second-order valence-electron chi connectivity index (χ2n) is 6.77. The summed E-state index contributed by atoms with van der Waals surface area (Å²) in [5.41, 5.74) is 3.08. The van der Waals surface area contributed by atoms with Crippen molar-refractivity contribution in [3.05, 3.63) is 48.0 Å². The lowest BCUT2D eigenvalue weighted by molar-refractivity contribution is -0.126. The van der Waals surface area contributed by atoms with Gasteiger partial charge in [0.15, 0.2) is 0 Å². The maximum Gasteiger partial charge on any atom is 0.227 e. The molecule has 1 aliphatic heterocycles. The van der Waals surface area contributed by atoms with E-state index in [2.05, 4.69) is 29.1 Å². The number of aromatic amines is 1. The fraction of sp³-hybridized carbons (Fsp3) is 0.421. The Labute approximate surface area is 147 Å². The minimum Gasteiger partial charge on any atom is -0.355 e. The van der Waals surface area contributed by atoms with Gasteiger partial charge in [0.25, 0.3) is 0 Å². The van der Waals surface area contributed by atoms with Crippen molar-refractivity contribution in [2.24, 2.45) is 5.92 Å². The SMILES string of the molecule is CC(C)c1ccc(N2CC(C(=O)NCCc3cnc[nH]3)CC2=O)cc1. The number of benzene rings is 1. The van der Waals surface area contributed by atoms with Crippen molar-refractivity contribution in [3.63, 3.8) is 0 Å². The summed E-state index contributed by atoms with van der Waals surface area (Å²) in [7, 11) is 0. The molecule has 1 atom stereocenters. The van der Waals surface area contributed by atoms with E-state index in [0.29, 0.717) is 25.4 Å². The summed E-state index contributed by atoms with van der Waals surface area (Å²) in [5, 5.41) is 2.91. The first kappa shape index (κ1) is 17.2. The highest BCUT2D eigenvalue weighted by atomic mass is 16.2. The number of rotatable bonds is 6. The van der Waals surface area contributed by atoms with Crippen LogP contribution in [0.4, 0.5) is 5.69 Å². The first-order valence-corrected chi connectivity index (χ1v) is 8.70. The molecule has 25 heavy (non-hydrogen) atoms. The number of hydrogen-bond donors (Lipinski definition) is 2. The van der Waals surface area contributed by atoms with E-state index < -0.39 is 0 Å². The summed E-state index contributed by atoms with van der Waals surface area (Å²) in [4.78, 5) is 33.3. The Balaban J connectivity index is 1.55. The number of amides is 2. The molecule has 2 amide bonds. The smallest absolute Gasteiger partial charge is 0.227 e. The summed E-state index contributed by atoms with van der Waals surface area (Å²) in [6.07, 6.45) is 4.33. The van der Waals surface area contributed by atoms with Crippen LogP contribution in [-0.4, -0.2) is 34.9 Å². The number of carbonyl (C=O) groups excluding carboxylic acids is 2. The monoisotopic (exact) mass is 340 g/mol. The van der Waals surface area contributed by atoms with Crippen LogP contribution in [0.2, 0.25) is 0 Å². The van der Waals surface area contributed by atoms with Crippen molar-refractivity contribution in [1.82, 2.24) is 15.3 Å². The fourth-order valence-corrected chi connectivity index (χ4v) is 3.06. The van der Waals surface area contributed by atoms with E-state index in [1.54, 1.807) is 17.4 Å². The van der Waals surface area contributed by atoms with E-state index in [1.165, 1.54) is 5.56 Å². The zero-order chi connectivity index (χ0) is 17.8. The van der Waals surface area contributed by atoms with Crippen molar-refractivity contribution < 1.29 is 9.59 Å². The van der Waals surface area contributed by atoms with Gasteiger partial charge >= 0.3 is 0 Å². The van der Waals surface area contributed by atoms with Crippen molar-refractivity contribution in [2.45, 2.75) is 32.6 Å². The fourth-order valence-electron chi connectivity index (χ4n) is 3.06. The normalized spacial score (nSPS) is 17.3. The number of H-pyrrole nitrogens is 1. The molecular formula is C19H24N4O2. The molecule has 0 radical (unpaired) electrons. The largest absolute Gasteiger partial charge is 0.355 e. The average molecular weight is 340 g/mol. The molecule has 1 aromatic heterocycles. The predicted octanol–water partition coefficient (Wildman–Crippen LogP) is 2.24. The minimum absolute atomic E-state index is 0.00557. The number of carbonyl (C=O) groups is 2. The van der Waals surface area contributed by atoms with Gasteiger partial charge in [0.1, 0.15) is 0 Å². The van der Waals surface area contributed by atoms with Gasteiger partial charge in [0.2, 0.25) is 11.8 Å². The third-order valence-corrected chi connectivity index (χ3v) is 4.62. The molecule has 2 heterocycles. The first-order valence-electron chi connectivity index (χ1n) is 8.70. The van der Waals surface area contributed by atoms with Crippen molar-refractivity contribution in [1.29, 1.82) is 0 Å². The molecule has 1 fully saturated rings. The molecule has 0 bridgehead atoms. The first-order chi connectivity index (χ1) is 12.0. The quantitative estimate of drug-likeness (QED) is 0.846. The Bertz CT molecular complexity index is 722.